The molecule has 1 heterocycles. The summed E-state index contributed by atoms with van der Waals surface area (Å²) in [5.74, 6) is 5.87. The molecule has 1 aliphatic carbocycles. The van der Waals surface area contributed by atoms with Crippen molar-refractivity contribution in [1.82, 2.24) is 5.01 Å². The third kappa shape index (κ3) is 3.42. The number of rotatable bonds is 5. The van der Waals surface area contributed by atoms with Crippen molar-refractivity contribution < 1.29 is 18.8 Å². The number of hydrogen-bond donors (Lipinski definition) is 2. The van der Waals surface area contributed by atoms with Gasteiger partial charge in [-0.3, -0.25) is 0 Å². The number of aliphatic hydroxyl groups is 1. The first-order valence-electron chi connectivity index (χ1n) is 7.44. The van der Waals surface area contributed by atoms with Crippen molar-refractivity contribution in [2.75, 3.05) is 13.2 Å². The van der Waals surface area contributed by atoms with Crippen molar-refractivity contribution in [1.29, 1.82) is 0 Å². The Morgan fingerprint density at radius 1 is 1.29 bits per heavy atom. The molecule has 7 heteroatoms. The third-order valence-corrected chi connectivity index (χ3v) is 4.80. The van der Waals surface area contributed by atoms with Gasteiger partial charge >= 0.3 is 7.12 Å². The molecule has 0 atom stereocenters. The summed E-state index contributed by atoms with van der Waals surface area (Å²) in [6.45, 7) is 7.25. The highest BCUT2D eigenvalue weighted by Gasteiger charge is 2.52. The van der Waals surface area contributed by atoms with E-state index in [2.05, 4.69) is 0 Å². The molecule has 1 saturated heterocycles. The van der Waals surface area contributed by atoms with E-state index in [0.717, 1.165) is 19.3 Å². The van der Waals surface area contributed by atoms with Gasteiger partial charge in [-0.15, -0.1) is 0 Å². The second-order valence-electron chi connectivity index (χ2n) is 7.18. The summed E-state index contributed by atoms with van der Waals surface area (Å²) in [6, 6.07) is 0. The molecule has 1 aliphatic heterocycles. The third-order valence-electron chi connectivity index (χ3n) is 4.80. The van der Waals surface area contributed by atoms with Gasteiger partial charge in [0.2, 0.25) is 0 Å². The molecular weight excluding hydrogens is 274 g/mol. The number of allylic oxidation sites excluding steroid dienone is 1. The molecule has 0 amide bonds. The van der Waals surface area contributed by atoms with Gasteiger partial charge < -0.3 is 19.4 Å². The maximum atomic E-state index is 13.3. The van der Waals surface area contributed by atoms with E-state index in [4.69, 9.17) is 15.2 Å². The lowest BCUT2D eigenvalue weighted by atomic mass is 9.78. The van der Waals surface area contributed by atoms with E-state index in [1.54, 1.807) is 0 Å². The van der Waals surface area contributed by atoms with Crippen LogP contribution in [0.2, 0.25) is 0 Å². The Balaban J connectivity index is 2.04. The van der Waals surface area contributed by atoms with Crippen molar-refractivity contribution >= 4 is 7.12 Å². The standard InChI is InChI=1S/C14H26BFN2O3/c1-12(2)13(3,4)21-15(20-12)11(8-16)9-18(17)10-14(19)6-5-7-14/h9,19H,5-8,10,17H2,1-4H3. The lowest BCUT2D eigenvalue weighted by Crippen LogP contribution is -2.49. The second kappa shape index (κ2) is 5.54. The minimum Gasteiger partial charge on any atom is -0.399 e. The zero-order valence-corrected chi connectivity index (χ0v) is 13.4. The monoisotopic (exact) mass is 300 g/mol. The summed E-state index contributed by atoms with van der Waals surface area (Å²) in [5.41, 5.74) is -1.45. The van der Waals surface area contributed by atoms with E-state index in [1.807, 2.05) is 27.7 Å². The molecule has 5 nitrogen and oxygen atoms in total. The number of hydrogen-bond acceptors (Lipinski definition) is 5. The van der Waals surface area contributed by atoms with E-state index < -0.39 is 30.6 Å². The van der Waals surface area contributed by atoms with Gasteiger partial charge in [0.25, 0.3) is 0 Å². The van der Waals surface area contributed by atoms with Gasteiger partial charge in [0.15, 0.2) is 0 Å². The van der Waals surface area contributed by atoms with E-state index >= 15 is 0 Å². The minimum absolute atomic E-state index is 0.288. The average Bonchev–Trinajstić information content (AvgIpc) is 2.53. The molecule has 21 heavy (non-hydrogen) atoms. The van der Waals surface area contributed by atoms with Gasteiger partial charge in [-0.1, -0.05) is 0 Å². The topological polar surface area (TPSA) is 68.0 Å². The lowest BCUT2D eigenvalue weighted by Gasteiger charge is -2.39. The highest BCUT2D eigenvalue weighted by molar-refractivity contribution is 6.54. The zero-order valence-electron chi connectivity index (χ0n) is 13.4. The van der Waals surface area contributed by atoms with E-state index in [9.17, 15) is 9.50 Å². The Bertz CT molecular complexity index is 408. The van der Waals surface area contributed by atoms with Gasteiger partial charge in [-0.05, 0) is 47.0 Å². The van der Waals surface area contributed by atoms with Crippen LogP contribution in [0.15, 0.2) is 11.7 Å². The molecule has 2 rings (SSSR count). The van der Waals surface area contributed by atoms with Crippen molar-refractivity contribution in [3.63, 3.8) is 0 Å². The molecule has 0 aromatic carbocycles. The molecular formula is C14H26BFN2O3. The largest absolute Gasteiger partial charge is 0.494 e. The minimum atomic E-state index is -0.748. The highest BCUT2D eigenvalue weighted by atomic mass is 19.1. The molecule has 0 unspecified atom stereocenters. The van der Waals surface area contributed by atoms with Crippen LogP contribution in [0.4, 0.5) is 4.39 Å². The van der Waals surface area contributed by atoms with E-state index in [1.165, 1.54) is 11.2 Å². The van der Waals surface area contributed by atoms with Crippen molar-refractivity contribution in [3.05, 3.63) is 11.7 Å². The molecule has 0 bridgehead atoms. The maximum absolute atomic E-state index is 13.3. The number of alkyl halides is 1. The first-order valence-corrected chi connectivity index (χ1v) is 7.44. The lowest BCUT2D eigenvalue weighted by molar-refractivity contribution is -0.0510. The van der Waals surface area contributed by atoms with Crippen LogP contribution in [0.1, 0.15) is 47.0 Å². The van der Waals surface area contributed by atoms with Gasteiger partial charge in [0, 0.05) is 11.7 Å². The van der Waals surface area contributed by atoms with Gasteiger partial charge in [0.05, 0.1) is 23.3 Å². The highest BCUT2D eigenvalue weighted by Crippen LogP contribution is 2.38. The van der Waals surface area contributed by atoms with Crippen LogP contribution in [0.3, 0.4) is 0 Å². The van der Waals surface area contributed by atoms with Crippen LogP contribution in [-0.4, -0.2) is 47.3 Å². The summed E-state index contributed by atoms with van der Waals surface area (Å²) >= 11 is 0. The van der Waals surface area contributed by atoms with Crippen LogP contribution in [-0.2, 0) is 9.31 Å². The number of halogens is 1. The van der Waals surface area contributed by atoms with Crippen molar-refractivity contribution in [3.8, 4) is 0 Å². The average molecular weight is 300 g/mol. The fourth-order valence-corrected chi connectivity index (χ4v) is 2.49. The Hall–Kier alpha value is -0.625. The molecule has 2 aliphatic rings. The summed E-state index contributed by atoms with van der Waals surface area (Å²) in [5, 5.41) is 11.4. The fraction of sp³-hybridized carbons (Fsp3) is 0.857. The number of nitrogens with two attached hydrogens (primary N) is 1. The smallest absolute Gasteiger partial charge is 0.399 e. The molecule has 120 valence electrons. The number of hydrazine groups is 1. The summed E-state index contributed by atoms with van der Waals surface area (Å²) in [7, 11) is -0.748. The van der Waals surface area contributed by atoms with Crippen LogP contribution in [0.5, 0.6) is 0 Å². The predicted octanol–water partition coefficient (Wildman–Crippen LogP) is 1.56. The van der Waals surface area contributed by atoms with Crippen molar-refractivity contribution in [2.45, 2.75) is 63.8 Å². The van der Waals surface area contributed by atoms with Crippen LogP contribution in [0.25, 0.3) is 0 Å². The van der Waals surface area contributed by atoms with Gasteiger partial charge in [-0.25, -0.2) is 10.2 Å². The summed E-state index contributed by atoms with van der Waals surface area (Å²) in [4.78, 5) is 0. The normalized spacial score (nSPS) is 26.6. The molecule has 0 spiro atoms. The first-order chi connectivity index (χ1) is 9.59. The van der Waals surface area contributed by atoms with Crippen LogP contribution < -0.4 is 5.84 Å². The summed E-state index contributed by atoms with van der Waals surface area (Å²) < 4.78 is 25.0. The molecule has 0 aromatic rings. The molecule has 1 saturated carbocycles. The quantitative estimate of drug-likeness (QED) is 0.458. The second-order valence-corrected chi connectivity index (χ2v) is 7.18. The Morgan fingerprint density at radius 3 is 2.19 bits per heavy atom. The Morgan fingerprint density at radius 2 is 1.81 bits per heavy atom. The Labute approximate surface area is 126 Å². The molecule has 3 N–H and O–H groups in total. The Kier molecular flexibility index (Phi) is 4.41. The van der Waals surface area contributed by atoms with E-state index in [0.29, 0.717) is 5.47 Å². The molecule has 2 fully saturated rings. The first kappa shape index (κ1) is 16.7. The van der Waals surface area contributed by atoms with Gasteiger partial charge in [0.1, 0.15) is 6.67 Å². The fourth-order valence-electron chi connectivity index (χ4n) is 2.49. The molecule has 0 radical (unpaired) electrons. The predicted molar refractivity (Wildman–Crippen MR) is 79.8 cm³/mol. The van der Waals surface area contributed by atoms with Crippen molar-refractivity contribution in [2.24, 2.45) is 5.84 Å². The van der Waals surface area contributed by atoms with Gasteiger partial charge in [-0.2, -0.15) is 0 Å². The maximum Gasteiger partial charge on any atom is 0.494 e. The molecule has 0 aromatic heterocycles. The van der Waals surface area contributed by atoms with Crippen LogP contribution in [0, 0.1) is 0 Å². The van der Waals surface area contributed by atoms with E-state index in [-0.39, 0.29) is 6.54 Å². The number of nitrogens with zero attached hydrogens (tertiary/aromatic N) is 1. The zero-order chi connectivity index (χ0) is 15.9. The SMILES string of the molecule is CC1(C)OB(C(=CN(N)CC2(O)CCC2)CF)OC1(C)C. The summed E-state index contributed by atoms with van der Waals surface area (Å²) in [6.07, 6.45) is 3.95. The van der Waals surface area contributed by atoms with Crippen LogP contribution >= 0.6 is 0 Å².